The van der Waals surface area contributed by atoms with Gasteiger partial charge in [-0.1, -0.05) is 0 Å². The first-order chi connectivity index (χ1) is 14.7. The third kappa shape index (κ3) is 6.25. The number of nitrogens with one attached hydrogen (secondary N) is 1. The molecule has 1 amide bonds. The number of nitrogens with zero attached hydrogens (tertiary/aromatic N) is 2. The van der Waals surface area contributed by atoms with Gasteiger partial charge in [-0.15, -0.1) is 11.3 Å². The number of carbonyl (C=O) groups is 2. The van der Waals surface area contributed by atoms with Crippen LogP contribution in [0.2, 0.25) is 0 Å². The summed E-state index contributed by atoms with van der Waals surface area (Å²) in [6.45, 7) is 1.99. The molecule has 31 heavy (non-hydrogen) atoms. The Hall–Kier alpha value is -3.47. The van der Waals surface area contributed by atoms with Crippen LogP contribution >= 0.6 is 11.3 Å². The highest BCUT2D eigenvalue weighted by Crippen LogP contribution is 2.30. The van der Waals surface area contributed by atoms with Crippen LogP contribution in [0.4, 0.5) is 18.3 Å². The van der Waals surface area contributed by atoms with E-state index in [-0.39, 0.29) is 18.9 Å². The molecule has 0 fully saturated rings. The molecule has 7 nitrogen and oxygen atoms in total. The maximum absolute atomic E-state index is 12.6. The van der Waals surface area contributed by atoms with Gasteiger partial charge in [0.15, 0.2) is 5.13 Å². The van der Waals surface area contributed by atoms with Gasteiger partial charge in [0.2, 0.25) is 5.88 Å². The van der Waals surface area contributed by atoms with Crippen molar-refractivity contribution in [2.75, 3.05) is 11.9 Å². The zero-order valence-corrected chi connectivity index (χ0v) is 16.9. The molecule has 11 heteroatoms. The minimum Gasteiger partial charge on any atom is -0.466 e. The van der Waals surface area contributed by atoms with E-state index in [0.717, 1.165) is 12.1 Å². The molecule has 3 aromatic rings. The van der Waals surface area contributed by atoms with Crippen LogP contribution in [-0.4, -0.2) is 28.5 Å². The predicted molar refractivity (Wildman–Crippen MR) is 106 cm³/mol. The summed E-state index contributed by atoms with van der Waals surface area (Å²) in [6, 6.07) is 7.93. The Morgan fingerprint density at radius 1 is 1.13 bits per heavy atom. The normalized spacial score (nSPS) is 11.1. The van der Waals surface area contributed by atoms with Crippen LogP contribution in [0, 0.1) is 0 Å². The number of benzene rings is 1. The molecule has 0 bridgehead atoms. The lowest BCUT2D eigenvalue weighted by molar-refractivity contribution is -0.142. The number of amides is 1. The molecule has 0 aliphatic rings. The molecule has 0 aliphatic carbocycles. The summed E-state index contributed by atoms with van der Waals surface area (Å²) < 4.78 is 48.0. The fraction of sp³-hybridized carbons (Fsp3) is 0.200. The predicted octanol–water partition coefficient (Wildman–Crippen LogP) is 4.71. The van der Waals surface area contributed by atoms with Crippen molar-refractivity contribution < 1.29 is 32.2 Å². The molecule has 0 saturated heterocycles. The van der Waals surface area contributed by atoms with Gasteiger partial charge in [0.05, 0.1) is 24.3 Å². The number of alkyl halides is 3. The lowest BCUT2D eigenvalue weighted by Gasteiger charge is -2.08. The van der Waals surface area contributed by atoms with E-state index in [1.807, 2.05) is 0 Å². The van der Waals surface area contributed by atoms with Crippen molar-refractivity contribution in [1.29, 1.82) is 0 Å². The van der Waals surface area contributed by atoms with Crippen LogP contribution in [0.15, 0.2) is 48.0 Å². The average Bonchev–Trinajstić information content (AvgIpc) is 3.15. The standard InChI is InChI=1S/C20H16F3N3O4S/c1-2-29-17(27)9-14-11-31-19(25-14)26-18(28)12-3-6-15(7-4-12)30-16-8-5-13(10-24-16)20(21,22)23/h3-8,10-11H,2,9H2,1H3,(H,25,26,28). The van der Waals surface area contributed by atoms with Gasteiger partial charge in [0.1, 0.15) is 5.75 Å². The number of rotatable bonds is 7. The van der Waals surface area contributed by atoms with Gasteiger partial charge in [0.25, 0.3) is 5.91 Å². The van der Waals surface area contributed by atoms with Crippen molar-refractivity contribution in [3.05, 3.63) is 64.8 Å². The molecule has 2 heterocycles. The number of carbonyl (C=O) groups excluding carboxylic acids is 2. The van der Waals surface area contributed by atoms with E-state index in [1.54, 1.807) is 12.3 Å². The van der Waals surface area contributed by atoms with Gasteiger partial charge < -0.3 is 9.47 Å². The average molecular weight is 451 g/mol. The van der Waals surface area contributed by atoms with E-state index in [1.165, 1.54) is 35.6 Å². The molecule has 0 unspecified atom stereocenters. The second-order valence-corrected chi connectivity index (χ2v) is 6.95. The number of hydrogen-bond donors (Lipinski definition) is 1. The fourth-order valence-electron chi connectivity index (χ4n) is 2.38. The van der Waals surface area contributed by atoms with Crippen LogP contribution < -0.4 is 10.1 Å². The van der Waals surface area contributed by atoms with Crippen LogP contribution in [0.5, 0.6) is 11.6 Å². The van der Waals surface area contributed by atoms with E-state index >= 15 is 0 Å². The Labute approximate surface area is 178 Å². The van der Waals surface area contributed by atoms with Crippen LogP contribution in [0.3, 0.4) is 0 Å². The number of aromatic nitrogens is 2. The second-order valence-electron chi connectivity index (χ2n) is 6.09. The van der Waals surface area contributed by atoms with Crippen molar-refractivity contribution in [3.63, 3.8) is 0 Å². The molecule has 3 rings (SSSR count). The minimum absolute atomic E-state index is 0.0119. The number of anilines is 1. The summed E-state index contributed by atoms with van der Waals surface area (Å²) in [6.07, 6.45) is -3.77. The summed E-state index contributed by atoms with van der Waals surface area (Å²) in [5.74, 6) is -0.531. The third-order valence-corrected chi connectivity index (χ3v) is 4.61. The van der Waals surface area contributed by atoms with Gasteiger partial charge >= 0.3 is 12.1 Å². The van der Waals surface area contributed by atoms with Gasteiger partial charge in [-0.25, -0.2) is 9.97 Å². The van der Waals surface area contributed by atoms with Gasteiger partial charge in [-0.05, 0) is 37.3 Å². The molecule has 1 N–H and O–H groups in total. The largest absolute Gasteiger partial charge is 0.466 e. The Morgan fingerprint density at radius 2 is 1.87 bits per heavy atom. The topological polar surface area (TPSA) is 90.4 Å². The molecule has 0 spiro atoms. The number of ether oxygens (including phenoxy) is 2. The maximum Gasteiger partial charge on any atom is 0.417 e. The lowest BCUT2D eigenvalue weighted by Crippen LogP contribution is -2.12. The smallest absolute Gasteiger partial charge is 0.417 e. The summed E-state index contributed by atoms with van der Waals surface area (Å²) in [5, 5.41) is 4.62. The first-order valence-corrected chi connectivity index (χ1v) is 9.85. The van der Waals surface area contributed by atoms with Crippen LogP contribution in [0.25, 0.3) is 0 Å². The first-order valence-electron chi connectivity index (χ1n) is 8.97. The van der Waals surface area contributed by atoms with Crippen molar-refractivity contribution in [2.24, 2.45) is 0 Å². The van der Waals surface area contributed by atoms with Crippen molar-refractivity contribution in [2.45, 2.75) is 19.5 Å². The van der Waals surface area contributed by atoms with Crippen molar-refractivity contribution >= 4 is 28.3 Å². The third-order valence-electron chi connectivity index (χ3n) is 3.81. The molecule has 0 atom stereocenters. The molecular formula is C20H16F3N3O4S. The van der Waals surface area contributed by atoms with Gasteiger partial charge in [0, 0.05) is 23.2 Å². The summed E-state index contributed by atoms with van der Waals surface area (Å²) in [4.78, 5) is 31.6. The maximum atomic E-state index is 12.6. The highest BCUT2D eigenvalue weighted by atomic mass is 32.1. The summed E-state index contributed by atoms with van der Waals surface area (Å²) in [7, 11) is 0. The summed E-state index contributed by atoms with van der Waals surface area (Å²) in [5.41, 5.74) is -0.0686. The zero-order valence-electron chi connectivity index (χ0n) is 16.1. The van der Waals surface area contributed by atoms with E-state index < -0.39 is 23.6 Å². The number of pyridine rings is 1. The van der Waals surface area contributed by atoms with E-state index in [4.69, 9.17) is 9.47 Å². The Morgan fingerprint density at radius 3 is 2.48 bits per heavy atom. The van der Waals surface area contributed by atoms with Crippen LogP contribution in [-0.2, 0) is 22.1 Å². The fourth-order valence-corrected chi connectivity index (χ4v) is 3.08. The Kier molecular flexibility index (Phi) is 6.85. The SMILES string of the molecule is CCOC(=O)Cc1csc(NC(=O)c2ccc(Oc3ccc(C(F)(F)F)cn3)cc2)n1. The second kappa shape index (κ2) is 9.56. The number of esters is 1. The Balaban J connectivity index is 1.58. The molecule has 2 aromatic heterocycles. The molecule has 0 saturated carbocycles. The van der Waals surface area contributed by atoms with Gasteiger partial charge in [-0.3, -0.25) is 14.9 Å². The monoisotopic (exact) mass is 451 g/mol. The highest BCUT2D eigenvalue weighted by molar-refractivity contribution is 7.14. The Bertz CT molecular complexity index is 1050. The molecule has 0 aliphatic heterocycles. The summed E-state index contributed by atoms with van der Waals surface area (Å²) >= 11 is 1.18. The number of hydrogen-bond acceptors (Lipinski definition) is 7. The number of thiazole rings is 1. The minimum atomic E-state index is -4.47. The van der Waals surface area contributed by atoms with E-state index in [9.17, 15) is 22.8 Å². The molecular weight excluding hydrogens is 435 g/mol. The molecule has 0 radical (unpaired) electrons. The zero-order chi connectivity index (χ0) is 22.4. The van der Waals surface area contributed by atoms with Crippen molar-refractivity contribution in [3.8, 4) is 11.6 Å². The quantitative estimate of drug-likeness (QED) is 0.524. The lowest BCUT2D eigenvalue weighted by atomic mass is 10.2. The molecule has 1 aromatic carbocycles. The number of halogens is 3. The van der Waals surface area contributed by atoms with Gasteiger partial charge in [-0.2, -0.15) is 13.2 Å². The van der Waals surface area contributed by atoms with E-state index in [0.29, 0.717) is 28.3 Å². The van der Waals surface area contributed by atoms with Crippen molar-refractivity contribution in [1.82, 2.24) is 9.97 Å². The van der Waals surface area contributed by atoms with Crippen LogP contribution in [0.1, 0.15) is 28.5 Å². The highest BCUT2D eigenvalue weighted by Gasteiger charge is 2.30. The van der Waals surface area contributed by atoms with E-state index in [2.05, 4.69) is 15.3 Å². The first kappa shape index (κ1) is 22.2. The molecule has 162 valence electrons.